The molecule has 0 aromatic heterocycles. The van der Waals surface area contributed by atoms with Gasteiger partial charge in [-0.1, -0.05) is 30.3 Å². The molecule has 1 aliphatic heterocycles. The molecule has 1 aromatic rings. The van der Waals surface area contributed by atoms with Gasteiger partial charge in [0.05, 0.1) is 5.88 Å². The predicted molar refractivity (Wildman–Crippen MR) is 89.5 cm³/mol. The van der Waals surface area contributed by atoms with Crippen molar-refractivity contribution in [2.75, 3.05) is 32.3 Å². The van der Waals surface area contributed by atoms with Gasteiger partial charge < -0.3 is 10.2 Å². The van der Waals surface area contributed by atoms with Crippen molar-refractivity contribution < 1.29 is 9.59 Å². The molecule has 2 rings (SSSR count). The fourth-order valence-corrected chi connectivity index (χ4v) is 3.79. The lowest BCUT2D eigenvalue weighted by Crippen LogP contribution is -2.50. The number of nitrogens with one attached hydrogen (secondary N) is 1. The minimum atomic E-state index is -0.372. The third kappa shape index (κ3) is 3.62. The monoisotopic (exact) mass is 321 g/mol. The van der Waals surface area contributed by atoms with E-state index in [0.717, 1.165) is 5.56 Å². The summed E-state index contributed by atoms with van der Waals surface area (Å²) < 4.78 is 0. The molecule has 0 saturated carbocycles. The Kier molecular flexibility index (Phi) is 5.85. The van der Waals surface area contributed by atoms with E-state index in [1.54, 1.807) is 16.7 Å². The zero-order chi connectivity index (χ0) is 16.1. The van der Waals surface area contributed by atoms with Crippen molar-refractivity contribution in [2.24, 2.45) is 0 Å². The molecule has 1 saturated heterocycles. The van der Waals surface area contributed by atoms with Crippen LogP contribution < -0.4 is 5.32 Å². The fraction of sp³-hybridized carbons (Fsp3) is 0.500. The lowest BCUT2D eigenvalue weighted by atomic mass is 10.0. The van der Waals surface area contributed by atoms with Gasteiger partial charge in [-0.15, -0.1) is 11.8 Å². The number of amides is 2. The maximum absolute atomic E-state index is 13.0. The standard InChI is InChI=1S/C16H23N3O2S/c1-4-17-15(20)13-10-22-11-19(13)16(21)14(18(2)3)12-8-6-5-7-9-12/h5-9,13-14H,4,10-11H2,1-3H3,(H,17,20). The Morgan fingerprint density at radius 3 is 2.64 bits per heavy atom. The lowest BCUT2D eigenvalue weighted by molar-refractivity contribution is -0.141. The molecule has 0 aliphatic carbocycles. The Hall–Kier alpha value is -1.53. The van der Waals surface area contributed by atoms with Crippen molar-refractivity contribution >= 4 is 23.6 Å². The Balaban J connectivity index is 2.21. The number of likely N-dealkylation sites (N-methyl/N-ethyl adjacent to an activating group) is 2. The highest BCUT2D eigenvalue weighted by molar-refractivity contribution is 7.99. The Morgan fingerprint density at radius 1 is 1.36 bits per heavy atom. The molecule has 1 fully saturated rings. The summed E-state index contributed by atoms with van der Waals surface area (Å²) in [6.45, 7) is 2.47. The van der Waals surface area contributed by atoms with Gasteiger partial charge in [0.15, 0.2) is 0 Å². The minimum Gasteiger partial charge on any atom is -0.355 e. The highest BCUT2D eigenvalue weighted by Gasteiger charge is 2.38. The number of benzene rings is 1. The molecule has 1 aromatic carbocycles. The number of nitrogens with zero attached hydrogens (tertiary/aromatic N) is 2. The maximum atomic E-state index is 13.0. The van der Waals surface area contributed by atoms with E-state index in [4.69, 9.17) is 0 Å². The molecule has 2 amide bonds. The number of carbonyl (C=O) groups is 2. The van der Waals surface area contributed by atoms with Crippen molar-refractivity contribution in [2.45, 2.75) is 19.0 Å². The SMILES string of the molecule is CCNC(=O)C1CSCN1C(=O)C(c1ccccc1)N(C)C. The number of rotatable bonds is 5. The van der Waals surface area contributed by atoms with E-state index < -0.39 is 0 Å². The normalized spacial score (nSPS) is 19.3. The van der Waals surface area contributed by atoms with Gasteiger partial charge in [0, 0.05) is 12.3 Å². The van der Waals surface area contributed by atoms with Crippen LogP contribution >= 0.6 is 11.8 Å². The second-order valence-electron chi connectivity index (χ2n) is 5.50. The minimum absolute atomic E-state index is 0.0162. The Labute approximate surface area is 136 Å². The van der Waals surface area contributed by atoms with Gasteiger partial charge in [-0.05, 0) is 26.6 Å². The van der Waals surface area contributed by atoms with Gasteiger partial charge in [-0.25, -0.2) is 0 Å². The van der Waals surface area contributed by atoms with Crippen LogP contribution in [0.4, 0.5) is 0 Å². The molecule has 22 heavy (non-hydrogen) atoms. The average Bonchev–Trinajstić information content (AvgIpc) is 2.98. The lowest BCUT2D eigenvalue weighted by Gasteiger charge is -2.31. The largest absolute Gasteiger partial charge is 0.355 e. The van der Waals surface area contributed by atoms with Gasteiger partial charge in [-0.3, -0.25) is 14.5 Å². The summed E-state index contributed by atoms with van der Waals surface area (Å²) in [5.41, 5.74) is 0.948. The van der Waals surface area contributed by atoms with Crippen LogP contribution in [0.2, 0.25) is 0 Å². The highest BCUT2D eigenvalue weighted by Crippen LogP contribution is 2.28. The molecular weight excluding hydrogens is 298 g/mol. The summed E-state index contributed by atoms with van der Waals surface area (Å²) in [6, 6.07) is 8.96. The first-order valence-corrected chi connectivity index (χ1v) is 8.59. The molecule has 2 unspecified atom stereocenters. The van der Waals surface area contributed by atoms with Crippen LogP contribution in [0.3, 0.4) is 0 Å². The van der Waals surface area contributed by atoms with E-state index in [0.29, 0.717) is 18.2 Å². The van der Waals surface area contributed by atoms with E-state index in [1.807, 2.05) is 56.3 Å². The third-order valence-corrected chi connectivity index (χ3v) is 4.70. The Morgan fingerprint density at radius 2 is 2.05 bits per heavy atom. The predicted octanol–water partition coefficient (Wildman–Crippen LogP) is 1.33. The third-order valence-electron chi connectivity index (χ3n) is 3.68. The van der Waals surface area contributed by atoms with Gasteiger partial charge in [-0.2, -0.15) is 0 Å². The first kappa shape index (κ1) is 16.8. The topological polar surface area (TPSA) is 52.7 Å². The van der Waals surface area contributed by atoms with Crippen LogP contribution in [0.5, 0.6) is 0 Å². The van der Waals surface area contributed by atoms with Gasteiger partial charge >= 0.3 is 0 Å². The first-order valence-electron chi connectivity index (χ1n) is 7.43. The molecule has 0 spiro atoms. The molecule has 1 heterocycles. The molecule has 6 heteroatoms. The summed E-state index contributed by atoms with van der Waals surface area (Å²) in [5.74, 6) is 1.15. The van der Waals surface area contributed by atoms with Crippen molar-refractivity contribution in [3.05, 3.63) is 35.9 Å². The molecule has 0 radical (unpaired) electrons. The number of carbonyl (C=O) groups excluding carboxylic acids is 2. The Bertz CT molecular complexity index is 521. The van der Waals surface area contributed by atoms with Gasteiger partial charge in [0.2, 0.25) is 11.8 Å². The zero-order valence-electron chi connectivity index (χ0n) is 13.3. The molecular formula is C16H23N3O2S. The second-order valence-corrected chi connectivity index (χ2v) is 6.49. The summed E-state index contributed by atoms with van der Waals surface area (Å²) in [6.07, 6.45) is 0. The summed E-state index contributed by atoms with van der Waals surface area (Å²) >= 11 is 1.62. The molecule has 2 atom stereocenters. The van der Waals surface area contributed by atoms with Gasteiger partial charge in [0.25, 0.3) is 0 Å². The summed E-state index contributed by atoms with van der Waals surface area (Å²) in [7, 11) is 3.78. The molecule has 1 N–H and O–H groups in total. The van der Waals surface area contributed by atoms with Crippen LogP contribution in [-0.2, 0) is 9.59 Å². The quantitative estimate of drug-likeness (QED) is 0.889. The van der Waals surface area contributed by atoms with Crippen molar-refractivity contribution in [1.82, 2.24) is 15.1 Å². The van der Waals surface area contributed by atoms with Crippen molar-refractivity contribution in [1.29, 1.82) is 0 Å². The molecule has 5 nitrogen and oxygen atoms in total. The number of hydrogen-bond acceptors (Lipinski definition) is 4. The number of hydrogen-bond donors (Lipinski definition) is 1. The van der Waals surface area contributed by atoms with Crippen LogP contribution in [0.1, 0.15) is 18.5 Å². The van der Waals surface area contributed by atoms with E-state index in [1.165, 1.54) is 0 Å². The average molecular weight is 321 g/mol. The summed E-state index contributed by atoms with van der Waals surface area (Å²) in [5, 5.41) is 2.82. The first-order chi connectivity index (χ1) is 10.6. The second kappa shape index (κ2) is 7.65. The van der Waals surface area contributed by atoms with E-state index in [-0.39, 0.29) is 23.9 Å². The van der Waals surface area contributed by atoms with E-state index in [9.17, 15) is 9.59 Å². The molecule has 0 bridgehead atoms. The van der Waals surface area contributed by atoms with E-state index in [2.05, 4.69) is 5.32 Å². The summed E-state index contributed by atoms with van der Waals surface area (Å²) in [4.78, 5) is 28.8. The molecule has 1 aliphatic rings. The van der Waals surface area contributed by atoms with Crippen molar-refractivity contribution in [3.8, 4) is 0 Å². The zero-order valence-corrected chi connectivity index (χ0v) is 14.1. The van der Waals surface area contributed by atoms with Crippen LogP contribution in [-0.4, -0.2) is 59.9 Å². The highest BCUT2D eigenvalue weighted by atomic mass is 32.2. The van der Waals surface area contributed by atoms with Crippen molar-refractivity contribution in [3.63, 3.8) is 0 Å². The number of thioether (sulfide) groups is 1. The molecule has 120 valence electrons. The van der Waals surface area contributed by atoms with Crippen LogP contribution in [0.15, 0.2) is 30.3 Å². The smallest absolute Gasteiger partial charge is 0.245 e. The van der Waals surface area contributed by atoms with Crippen LogP contribution in [0.25, 0.3) is 0 Å². The fourth-order valence-electron chi connectivity index (χ4n) is 2.62. The van der Waals surface area contributed by atoms with Crippen LogP contribution in [0, 0.1) is 0 Å². The maximum Gasteiger partial charge on any atom is 0.245 e. The van der Waals surface area contributed by atoms with Gasteiger partial charge in [0.1, 0.15) is 12.1 Å². The van der Waals surface area contributed by atoms with E-state index >= 15 is 0 Å².